The molecule has 264 valence electrons. The average molecular weight is 729 g/mol. The van der Waals surface area contributed by atoms with E-state index >= 15 is 0 Å². The van der Waals surface area contributed by atoms with E-state index in [4.69, 9.17) is 38.0 Å². The molecule has 2 saturated heterocycles. The summed E-state index contributed by atoms with van der Waals surface area (Å²) < 4.78 is 8.92. The predicted octanol–water partition coefficient (Wildman–Crippen LogP) is 5.07. The van der Waals surface area contributed by atoms with Crippen LogP contribution in [0.25, 0.3) is 39.0 Å². The maximum Gasteiger partial charge on any atom is 0.277 e. The number of carbonyl (C=O) groups is 1. The van der Waals surface area contributed by atoms with Gasteiger partial charge in [-0.2, -0.15) is 5.10 Å². The maximum absolute atomic E-state index is 13.5. The Hall–Kier alpha value is -4.26. The number of fused-ring (bicyclic) bond motifs is 1. The van der Waals surface area contributed by atoms with E-state index in [0.717, 1.165) is 65.7 Å². The third kappa shape index (κ3) is 6.31. The fourth-order valence-corrected chi connectivity index (χ4v) is 8.58. The fourth-order valence-electron chi connectivity index (χ4n) is 7.91. The molecule has 51 heavy (non-hydrogen) atoms. The lowest BCUT2D eigenvalue weighted by atomic mass is 9.62. The molecule has 0 radical (unpaired) electrons. The van der Waals surface area contributed by atoms with Gasteiger partial charge >= 0.3 is 0 Å². The summed E-state index contributed by atoms with van der Waals surface area (Å²) in [7, 11) is 3.35. The van der Waals surface area contributed by atoms with Crippen molar-refractivity contribution in [3.63, 3.8) is 0 Å². The molecule has 3 aliphatic rings. The van der Waals surface area contributed by atoms with Gasteiger partial charge in [-0.05, 0) is 31.4 Å². The molecule has 1 saturated carbocycles. The zero-order chi connectivity index (χ0) is 35.4. The number of rotatable bonds is 10. The highest BCUT2D eigenvalue weighted by atomic mass is 35.5. The van der Waals surface area contributed by atoms with Crippen molar-refractivity contribution in [1.82, 2.24) is 34.7 Å². The Labute approximate surface area is 305 Å². The Morgan fingerprint density at radius 2 is 1.73 bits per heavy atom. The molecule has 11 nitrogen and oxygen atoms in total. The van der Waals surface area contributed by atoms with Gasteiger partial charge in [-0.25, -0.2) is 9.50 Å². The van der Waals surface area contributed by atoms with Crippen LogP contribution in [-0.2, 0) is 24.9 Å². The van der Waals surface area contributed by atoms with Crippen LogP contribution in [0.5, 0.6) is 5.88 Å². The van der Waals surface area contributed by atoms with E-state index in [1.807, 2.05) is 60.8 Å². The lowest BCUT2D eigenvalue weighted by Crippen LogP contribution is -2.63. The van der Waals surface area contributed by atoms with E-state index in [0.29, 0.717) is 59.0 Å². The number of nitrogens with zero attached hydrogens (tertiary/aromatic N) is 5. The number of halogens is 2. The first-order chi connectivity index (χ1) is 24.6. The van der Waals surface area contributed by atoms with Crippen LogP contribution in [0, 0.1) is 5.41 Å². The molecule has 0 unspecified atom stereocenters. The van der Waals surface area contributed by atoms with Crippen molar-refractivity contribution in [2.24, 2.45) is 12.5 Å². The third-order valence-electron chi connectivity index (χ3n) is 10.6. The minimum atomic E-state index is -0.179. The Balaban J connectivity index is 1.04. The monoisotopic (exact) mass is 727 g/mol. The number of hydrogen-bond acceptors (Lipinski definition) is 8. The second-order valence-corrected chi connectivity index (χ2v) is 14.9. The predicted molar refractivity (Wildman–Crippen MR) is 197 cm³/mol. The molecule has 1 atom stereocenters. The molecule has 2 aliphatic heterocycles. The standard InChI is InChI=1S/C38H39Cl2N7O4/c1-45-32(19-46-20-38(21-46)14-25(48)15-38)44-47-18-23(13-31(47)37(45)50)26-5-3-6-27(34(26)39)28-7-4-8-29(35(28)40)30-11-9-22(36(43-30)51-2)16-41-17-24-10-12-33(49)42-24/h3-9,11,13,18,24-25,41,48H,10,12,14-17,19-21H2,1-2H3,(H,42,49)/t24-/m1/s1. The molecule has 13 heteroatoms. The van der Waals surface area contributed by atoms with Crippen molar-refractivity contribution in [1.29, 1.82) is 0 Å². The van der Waals surface area contributed by atoms with Gasteiger partial charge in [0.05, 0.1) is 35.5 Å². The minimum absolute atomic E-state index is 0.0948. The molecule has 5 aromatic rings. The average Bonchev–Trinajstić information content (AvgIpc) is 3.71. The Kier molecular flexibility index (Phi) is 8.88. The van der Waals surface area contributed by atoms with Crippen molar-refractivity contribution in [3.8, 4) is 39.4 Å². The van der Waals surface area contributed by atoms with Crippen molar-refractivity contribution < 1.29 is 14.6 Å². The van der Waals surface area contributed by atoms with Crippen LogP contribution in [-0.4, -0.2) is 74.0 Å². The number of pyridine rings is 1. The minimum Gasteiger partial charge on any atom is -0.481 e. The number of benzene rings is 2. The second kappa shape index (κ2) is 13.4. The first kappa shape index (κ1) is 33.9. The van der Waals surface area contributed by atoms with E-state index in [-0.39, 0.29) is 29.0 Å². The number of nitrogens with one attached hydrogen (secondary N) is 2. The lowest BCUT2D eigenvalue weighted by molar-refractivity contribution is -0.131. The highest BCUT2D eigenvalue weighted by Gasteiger charge is 2.51. The molecule has 8 rings (SSSR count). The number of carbonyl (C=O) groups excluding carboxylic acids is 1. The SMILES string of the molecule is COc1nc(-c2cccc(-c3cccc(-c4cc5c(=O)n(C)c(CN6CC7(CC(O)C7)C6)nn5c4)c3Cl)c2Cl)ccc1CNC[C@H]1CCC(=O)N1. The Morgan fingerprint density at radius 3 is 2.41 bits per heavy atom. The van der Waals surface area contributed by atoms with Crippen LogP contribution in [0.4, 0.5) is 0 Å². The number of aliphatic hydroxyl groups is 1. The van der Waals surface area contributed by atoms with Crippen LogP contribution in [0.2, 0.25) is 10.0 Å². The largest absolute Gasteiger partial charge is 0.481 e. The van der Waals surface area contributed by atoms with E-state index < -0.39 is 0 Å². The molecule has 3 aromatic heterocycles. The highest BCUT2D eigenvalue weighted by Crippen LogP contribution is 2.48. The fraction of sp³-hybridized carbons (Fsp3) is 0.368. The molecule has 0 bridgehead atoms. The summed E-state index contributed by atoms with van der Waals surface area (Å²) in [6.07, 6.45) is 4.77. The summed E-state index contributed by atoms with van der Waals surface area (Å²) in [6.45, 7) is 3.61. The number of hydrogen-bond donors (Lipinski definition) is 3. The van der Waals surface area contributed by atoms with Gasteiger partial charge in [-0.1, -0.05) is 65.7 Å². The molecule has 3 fully saturated rings. The van der Waals surface area contributed by atoms with Gasteiger partial charge in [-0.15, -0.1) is 0 Å². The number of aromatic nitrogens is 4. The van der Waals surface area contributed by atoms with Gasteiger partial charge in [0.25, 0.3) is 5.56 Å². The summed E-state index contributed by atoms with van der Waals surface area (Å²) in [5, 5.41) is 22.0. The molecule has 5 heterocycles. The lowest BCUT2D eigenvalue weighted by Gasteiger charge is -2.57. The number of methoxy groups -OCH3 is 1. The zero-order valence-corrected chi connectivity index (χ0v) is 30.0. The van der Waals surface area contributed by atoms with Gasteiger partial charge in [0.2, 0.25) is 11.8 Å². The maximum atomic E-state index is 13.5. The quantitative estimate of drug-likeness (QED) is 0.182. The Morgan fingerprint density at radius 1 is 1.02 bits per heavy atom. The number of likely N-dealkylation sites (tertiary alicyclic amines) is 1. The van der Waals surface area contributed by atoms with Crippen LogP contribution in [0.15, 0.2) is 65.6 Å². The summed E-state index contributed by atoms with van der Waals surface area (Å²) in [6, 6.07) is 17.4. The summed E-state index contributed by atoms with van der Waals surface area (Å²) >= 11 is 14.2. The van der Waals surface area contributed by atoms with Crippen molar-refractivity contribution in [2.45, 2.75) is 50.9 Å². The summed E-state index contributed by atoms with van der Waals surface area (Å²) in [5.74, 6) is 1.27. The van der Waals surface area contributed by atoms with Crippen molar-refractivity contribution in [3.05, 3.63) is 92.6 Å². The van der Waals surface area contributed by atoms with Crippen LogP contribution < -0.4 is 20.9 Å². The van der Waals surface area contributed by atoms with Crippen molar-refractivity contribution in [2.75, 3.05) is 26.7 Å². The topological polar surface area (TPSA) is 126 Å². The van der Waals surface area contributed by atoms with E-state index in [1.54, 1.807) is 23.2 Å². The summed E-state index contributed by atoms with van der Waals surface area (Å²) in [5.41, 5.74) is 5.88. The number of amides is 1. The van der Waals surface area contributed by atoms with Gasteiger partial charge in [0.1, 0.15) is 11.3 Å². The molecular weight excluding hydrogens is 689 g/mol. The second-order valence-electron chi connectivity index (χ2n) is 14.2. The van der Waals surface area contributed by atoms with Crippen LogP contribution in [0.3, 0.4) is 0 Å². The normalized spacial score (nSPS) is 18.6. The third-order valence-corrected chi connectivity index (χ3v) is 11.4. The first-order valence-electron chi connectivity index (χ1n) is 17.2. The first-order valence-corrected chi connectivity index (χ1v) is 18.0. The molecule has 1 amide bonds. The number of ether oxygens (including phenoxy) is 1. The smallest absolute Gasteiger partial charge is 0.277 e. The van der Waals surface area contributed by atoms with Gasteiger partial charge in [-0.3, -0.25) is 19.1 Å². The van der Waals surface area contributed by atoms with Crippen LogP contribution >= 0.6 is 23.2 Å². The van der Waals surface area contributed by atoms with E-state index in [1.165, 1.54) is 0 Å². The highest BCUT2D eigenvalue weighted by molar-refractivity contribution is 6.39. The molecule has 1 aliphatic carbocycles. The molecule has 1 spiro atoms. The summed E-state index contributed by atoms with van der Waals surface area (Å²) in [4.78, 5) is 32.1. The van der Waals surface area contributed by atoms with Gasteiger partial charge in [0, 0.05) is 90.7 Å². The number of aliphatic hydroxyl groups excluding tert-OH is 1. The van der Waals surface area contributed by atoms with Gasteiger partial charge < -0.3 is 20.5 Å². The zero-order valence-electron chi connectivity index (χ0n) is 28.5. The Bertz CT molecular complexity index is 2220. The molecule has 2 aromatic carbocycles. The van der Waals surface area contributed by atoms with Crippen molar-refractivity contribution >= 4 is 34.6 Å². The molecule has 3 N–H and O–H groups in total. The van der Waals surface area contributed by atoms with E-state index in [9.17, 15) is 14.7 Å². The van der Waals surface area contributed by atoms with Crippen LogP contribution in [0.1, 0.15) is 37.1 Å². The molecular formula is C38H39Cl2N7O4. The van der Waals surface area contributed by atoms with Gasteiger partial charge in [0.15, 0.2) is 0 Å². The van der Waals surface area contributed by atoms with E-state index in [2.05, 4.69) is 15.5 Å².